The molecule has 1 fully saturated rings. The lowest BCUT2D eigenvalue weighted by molar-refractivity contribution is -0.124. The topological polar surface area (TPSA) is 37.3 Å². The number of aliphatic hydroxyl groups excluding tert-OH is 1. The number of hydrogen-bond acceptors (Lipinski definition) is 2. The van der Waals surface area contributed by atoms with Gasteiger partial charge in [-0.05, 0) is 12.8 Å². The van der Waals surface area contributed by atoms with E-state index >= 15 is 0 Å². The summed E-state index contributed by atoms with van der Waals surface area (Å²) >= 11 is 0. The molecular formula is C8H14O2. The van der Waals surface area contributed by atoms with Crippen molar-refractivity contribution in [3.8, 4) is 0 Å². The smallest absolute Gasteiger partial charge is 0.128 e. The Balaban J connectivity index is 2.62. The Morgan fingerprint density at radius 1 is 1.60 bits per heavy atom. The van der Waals surface area contributed by atoms with E-state index in [2.05, 4.69) is 0 Å². The lowest BCUT2D eigenvalue weighted by atomic mass is 9.75. The van der Waals surface area contributed by atoms with Crippen molar-refractivity contribution in [2.75, 3.05) is 0 Å². The van der Waals surface area contributed by atoms with Gasteiger partial charge in [-0.1, -0.05) is 19.8 Å². The molecule has 0 bridgehead atoms. The second-order valence-electron chi connectivity index (χ2n) is 3.39. The molecule has 0 saturated heterocycles. The van der Waals surface area contributed by atoms with Crippen LogP contribution in [0.5, 0.6) is 0 Å². The monoisotopic (exact) mass is 142 g/mol. The molecule has 1 aliphatic carbocycles. The molecule has 58 valence electrons. The van der Waals surface area contributed by atoms with Crippen LogP contribution in [0.15, 0.2) is 0 Å². The van der Waals surface area contributed by atoms with Gasteiger partial charge in [0.25, 0.3) is 0 Å². The Labute approximate surface area is 61.2 Å². The first-order chi connectivity index (χ1) is 4.69. The fourth-order valence-electron chi connectivity index (χ4n) is 1.48. The minimum atomic E-state index is -0.446. The summed E-state index contributed by atoms with van der Waals surface area (Å²) in [6.07, 6.45) is 4.26. The molecule has 0 aliphatic heterocycles. The van der Waals surface area contributed by atoms with E-state index in [1.165, 1.54) is 0 Å². The van der Waals surface area contributed by atoms with Gasteiger partial charge in [-0.25, -0.2) is 0 Å². The zero-order valence-electron chi connectivity index (χ0n) is 6.34. The van der Waals surface area contributed by atoms with E-state index in [0.717, 1.165) is 32.0 Å². The van der Waals surface area contributed by atoms with Gasteiger partial charge in [0.1, 0.15) is 6.29 Å². The fourth-order valence-corrected chi connectivity index (χ4v) is 1.48. The quantitative estimate of drug-likeness (QED) is 0.557. The number of aliphatic hydroxyl groups is 1. The van der Waals surface area contributed by atoms with Gasteiger partial charge >= 0.3 is 0 Å². The van der Waals surface area contributed by atoms with Gasteiger partial charge in [-0.3, -0.25) is 0 Å². The Morgan fingerprint density at radius 2 is 2.30 bits per heavy atom. The summed E-state index contributed by atoms with van der Waals surface area (Å²) in [4.78, 5) is 10.5. The average Bonchev–Trinajstić information content (AvgIpc) is 1.96. The predicted molar refractivity (Wildman–Crippen MR) is 38.6 cm³/mol. The molecule has 2 nitrogen and oxygen atoms in total. The second-order valence-corrected chi connectivity index (χ2v) is 3.39. The Morgan fingerprint density at radius 3 is 2.70 bits per heavy atom. The van der Waals surface area contributed by atoms with Crippen LogP contribution < -0.4 is 0 Å². The first-order valence-electron chi connectivity index (χ1n) is 3.83. The van der Waals surface area contributed by atoms with Crippen molar-refractivity contribution in [1.82, 2.24) is 0 Å². The molecule has 0 spiro atoms. The maximum Gasteiger partial charge on any atom is 0.128 e. The molecule has 1 saturated carbocycles. The van der Waals surface area contributed by atoms with Crippen LogP contribution in [-0.2, 0) is 4.79 Å². The molecule has 0 amide bonds. The molecule has 0 radical (unpaired) electrons. The molecule has 0 aromatic carbocycles. The van der Waals surface area contributed by atoms with Gasteiger partial charge in [-0.15, -0.1) is 0 Å². The first kappa shape index (κ1) is 7.73. The van der Waals surface area contributed by atoms with Gasteiger partial charge in [0.15, 0.2) is 0 Å². The van der Waals surface area contributed by atoms with Crippen molar-refractivity contribution in [1.29, 1.82) is 0 Å². The number of carbonyl (C=O) groups is 1. The molecule has 0 aromatic heterocycles. The molecule has 1 rings (SSSR count). The number of rotatable bonds is 1. The molecule has 0 aromatic rings. The van der Waals surface area contributed by atoms with E-state index in [-0.39, 0.29) is 0 Å². The lowest BCUT2D eigenvalue weighted by Crippen LogP contribution is -2.36. The minimum Gasteiger partial charge on any atom is -0.392 e. The number of carbonyl (C=O) groups excluding carboxylic acids is 1. The van der Waals surface area contributed by atoms with Crippen LogP contribution in [0, 0.1) is 5.41 Å². The molecule has 10 heavy (non-hydrogen) atoms. The summed E-state index contributed by atoms with van der Waals surface area (Å²) in [6, 6.07) is 0. The summed E-state index contributed by atoms with van der Waals surface area (Å²) in [7, 11) is 0. The van der Waals surface area contributed by atoms with E-state index in [0.29, 0.717) is 0 Å². The molecule has 2 atom stereocenters. The van der Waals surface area contributed by atoms with Crippen LogP contribution in [0.4, 0.5) is 0 Å². The van der Waals surface area contributed by atoms with Gasteiger partial charge in [0, 0.05) is 5.41 Å². The van der Waals surface area contributed by atoms with Gasteiger partial charge in [0.05, 0.1) is 6.10 Å². The third-order valence-corrected chi connectivity index (χ3v) is 2.47. The first-order valence-corrected chi connectivity index (χ1v) is 3.83. The Bertz CT molecular complexity index is 133. The van der Waals surface area contributed by atoms with Crippen molar-refractivity contribution in [3.05, 3.63) is 0 Å². The highest BCUT2D eigenvalue weighted by Gasteiger charge is 2.34. The number of aldehydes is 1. The van der Waals surface area contributed by atoms with Crippen LogP contribution in [-0.4, -0.2) is 17.5 Å². The fraction of sp³-hybridized carbons (Fsp3) is 0.875. The molecule has 1 aliphatic rings. The van der Waals surface area contributed by atoms with E-state index in [1.807, 2.05) is 6.92 Å². The zero-order chi connectivity index (χ0) is 7.61. The summed E-state index contributed by atoms with van der Waals surface area (Å²) in [5, 5.41) is 9.40. The third-order valence-electron chi connectivity index (χ3n) is 2.47. The number of hydrogen-bond donors (Lipinski definition) is 1. The maximum atomic E-state index is 10.5. The Kier molecular flexibility index (Phi) is 2.09. The van der Waals surface area contributed by atoms with E-state index in [9.17, 15) is 9.90 Å². The van der Waals surface area contributed by atoms with Crippen LogP contribution in [0.25, 0.3) is 0 Å². The van der Waals surface area contributed by atoms with E-state index in [4.69, 9.17) is 0 Å². The molecule has 0 heterocycles. The predicted octanol–water partition coefficient (Wildman–Crippen LogP) is 1.13. The average molecular weight is 142 g/mol. The SMILES string of the molecule is C[C@]1(C=O)CCCC[C@@H]1O. The minimum absolute atomic E-state index is 0.404. The van der Waals surface area contributed by atoms with Crippen molar-refractivity contribution in [3.63, 3.8) is 0 Å². The van der Waals surface area contributed by atoms with Crippen LogP contribution in [0.2, 0.25) is 0 Å². The van der Waals surface area contributed by atoms with Crippen molar-refractivity contribution < 1.29 is 9.90 Å². The third kappa shape index (κ3) is 1.21. The van der Waals surface area contributed by atoms with Crippen LogP contribution in [0.3, 0.4) is 0 Å². The normalized spacial score (nSPS) is 41.2. The van der Waals surface area contributed by atoms with Crippen molar-refractivity contribution in [2.45, 2.75) is 38.7 Å². The summed E-state index contributed by atoms with van der Waals surface area (Å²) < 4.78 is 0. The largest absolute Gasteiger partial charge is 0.392 e. The van der Waals surface area contributed by atoms with E-state index in [1.54, 1.807) is 0 Å². The van der Waals surface area contributed by atoms with Gasteiger partial charge in [-0.2, -0.15) is 0 Å². The van der Waals surface area contributed by atoms with Crippen molar-refractivity contribution in [2.24, 2.45) is 5.41 Å². The van der Waals surface area contributed by atoms with Crippen LogP contribution >= 0.6 is 0 Å². The highest BCUT2D eigenvalue weighted by atomic mass is 16.3. The van der Waals surface area contributed by atoms with Gasteiger partial charge < -0.3 is 9.90 Å². The maximum absolute atomic E-state index is 10.5. The summed E-state index contributed by atoms with van der Waals surface area (Å²) in [5.74, 6) is 0. The van der Waals surface area contributed by atoms with E-state index < -0.39 is 11.5 Å². The molecule has 1 N–H and O–H groups in total. The summed E-state index contributed by atoms with van der Waals surface area (Å²) in [6.45, 7) is 1.84. The van der Waals surface area contributed by atoms with Gasteiger partial charge in [0.2, 0.25) is 0 Å². The second kappa shape index (κ2) is 2.70. The highest BCUT2D eigenvalue weighted by molar-refractivity contribution is 5.59. The highest BCUT2D eigenvalue weighted by Crippen LogP contribution is 2.33. The molecule has 2 heteroatoms. The lowest BCUT2D eigenvalue weighted by Gasteiger charge is -2.33. The summed E-state index contributed by atoms with van der Waals surface area (Å²) in [5.41, 5.74) is -0.446. The Hall–Kier alpha value is -0.370. The van der Waals surface area contributed by atoms with Crippen molar-refractivity contribution >= 4 is 6.29 Å². The van der Waals surface area contributed by atoms with Crippen LogP contribution in [0.1, 0.15) is 32.6 Å². The molecular weight excluding hydrogens is 128 g/mol. The standard InChI is InChI=1S/C8H14O2/c1-8(6-9)5-3-2-4-7(8)10/h6-7,10H,2-5H2,1H3/t7-,8+/m0/s1. The molecule has 0 unspecified atom stereocenters. The zero-order valence-corrected chi connectivity index (χ0v) is 6.34.